The molecule has 0 unspecified atom stereocenters. The maximum atomic E-state index is 6.01. The fourth-order valence-corrected chi connectivity index (χ4v) is 2.45. The molecular weight excluding hydrogens is 302 g/mol. The monoisotopic (exact) mass is 325 g/mol. The second-order valence-corrected chi connectivity index (χ2v) is 6.44. The summed E-state index contributed by atoms with van der Waals surface area (Å²) in [5.74, 6) is 1.68. The van der Waals surface area contributed by atoms with E-state index in [-0.39, 0.29) is 12.0 Å². The lowest BCUT2D eigenvalue weighted by Crippen LogP contribution is -2.09. The Morgan fingerprint density at radius 2 is 1.88 bits per heavy atom. The summed E-state index contributed by atoms with van der Waals surface area (Å²) in [6, 6.07) is 7.96. The number of nitrogens with one attached hydrogen (secondary N) is 1. The van der Waals surface area contributed by atoms with Crippen molar-refractivity contribution in [1.82, 2.24) is 25.0 Å². The van der Waals surface area contributed by atoms with Crippen molar-refractivity contribution in [3.05, 3.63) is 35.7 Å². The minimum atomic E-state index is 0.183. The SMILES string of the molecule is CC(C)c1nc(NCc2ccccc2N)c2nnn(C(C)C)c2n1. The molecule has 0 saturated carbocycles. The predicted molar refractivity (Wildman–Crippen MR) is 95.8 cm³/mol. The van der Waals surface area contributed by atoms with Crippen LogP contribution < -0.4 is 11.1 Å². The molecule has 0 fully saturated rings. The predicted octanol–water partition coefficient (Wildman–Crippen LogP) is 3.12. The maximum absolute atomic E-state index is 6.01. The van der Waals surface area contributed by atoms with Crippen LogP contribution >= 0.6 is 0 Å². The molecule has 3 rings (SSSR count). The highest BCUT2D eigenvalue weighted by molar-refractivity contribution is 5.82. The summed E-state index contributed by atoms with van der Waals surface area (Å²) >= 11 is 0. The van der Waals surface area contributed by atoms with Crippen molar-refractivity contribution in [2.24, 2.45) is 0 Å². The Morgan fingerprint density at radius 3 is 2.54 bits per heavy atom. The van der Waals surface area contributed by atoms with Gasteiger partial charge in [0.25, 0.3) is 0 Å². The van der Waals surface area contributed by atoms with E-state index in [9.17, 15) is 0 Å². The third-order valence-electron chi connectivity index (χ3n) is 3.85. The second kappa shape index (κ2) is 6.43. The van der Waals surface area contributed by atoms with Gasteiger partial charge in [0.05, 0.1) is 6.04 Å². The fraction of sp³-hybridized carbons (Fsp3) is 0.412. The van der Waals surface area contributed by atoms with Gasteiger partial charge in [-0.05, 0) is 25.5 Å². The summed E-state index contributed by atoms with van der Waals surface area (Å²) in [5.41, 5.74) is 9.23. The molecule has 1 aromatic carbocycles. The van der Waals surface area contributed by atoms with Gasteiger partial charge >= 0.3 is 0 Å². The molecule has 3 aromatic rings. The second-order valence-electron chi connectivity index (χ2n) is 6.44. The average Bonchev–Trinajstić information content (AvgIpc) is 2.98. The lowest BCUT2D eigenvalue weighted by molar-refractivity contribution is 0.525. The van der Waals surface area contributed by atoms with Crippen LogP contribution in [0.1, 0.15) is 51.0 Å². The Bertz CT molecular complexity index is 851. The highest BCUT2D eigenvalue weighted by atomic mass is 15.5. The van der Waals surface area contributed by atoms with Crippen molar-refractivity contribution in [2.75, 3.05) is 11.1 Å². The van der Waals surface area contributed by atoms with Gasteiger partial charge in [0.2, 0.25) is 0 Å². The van der Waals surface area contributed by atoms with Gasteiger partial charge in [0, 0.05) is 18.2 Å². The molecule has 2 heterocycles. The fourth-order valence-electron chi connectivity index (χ4n) is 2.45. The van der Waals surface area contributed by atoms with E-state index in [0.29, 0.717) is 17.9 Å². The molecule has 126 valence electrons. The van der Waals surface area contributed by atoms with Crippen LogP contribution in [0.4, 0.5) is 11.5 Å². The van der Waals surface area contributed by atoms with E-state index in [0.717, 1.165) is 22.7 Å². The molecule has 0 amide bonds. The zero-order valence-corrected chi connectivity index (χ0v) is 14.5. The largest absolute Gasteiger partial charge is 0.398 e. The lowest BCUT2D eigenvalue weighted by atomic mass is 10.2. The first-order valence-electron chi connectivity index (χ1n) is 8.17. The van der Waals surface area contributed by atoms with Crippen LogP contribution in [0.2, 0.25) is 0 Å². The zero-order chi connectivity index (χ0) is 17.3. The average molecular weight is 325 g/mol. The molecule has 3 N–H and O–H groups in total. The molecule has 0 aliphatic heterocycles. The lowest BCUT2D eigenvalue weighted by Gasteiger charge is -2.12. The van der Waals surface area contributed by atoms with Crippen LogP contribution in [-0.4, -0.2) is 25.0 Å². The first kappa shape index (κ1) is 16.2. The number of aromatic nitrogens is 5. The number of benzene rings is 1. The van der Waals surface area contributed by atoms with Crippen LogP contribution in [0.3, 0.4) is 0 Å². The van der Waals surface area contributed by atoms with Gasteiger partial charge in [-0.25, -0.2) is 14.6 Å². The molecule has 24 heavy (non-hydrogen) atoms. The number of anilines is 2. The van der Waals surface area contributed by atoms with Crippen molar-refractivity contribution in [3.63, 3.8) is 0 Å². The van der Waals surface area contributed by atoms with Crippen molar-refractivity contribution in [2.45, 2.75) is 46.2 Å². The number of fused-ring (bicyclic) bond motifs is 1. The first-order chi connectivity index (χ1) is 11.5. The number of para-hydroxylation sites is 1. The molecule has 0 saturated heterocycles. The number of nitrogens with zero attached hydrogens (tertiary/aromatic N) is 5. The van der Waals surface area contributed by atoms with E-state index >= 15 is 0 Å². The summed E-state index contributed by atoms with van der Waals surface area (Å²) < 4.78 is 1.82. The number of hydrogen-bond acceptors (Lipinski definition) is 6. The van der Waals surface area contributed by atoms with Crippen molar-refractivity contribution in [1.29, 1.82) is 0 Å². The van der Waals surface area contributed by atoms with Gasteiger partial charge in [-0.2, -0.15) is 0 Å². The van der Waals surface area contributed by atoms with Gasteiger partial charge in [0.1, 0.15) is 5.82 Å². The molecule has 0 atom stereocenters. The topological polar surface area (TPSA) is 94.5 Å². The van der Waals surface area contributed by atoms with Crippen LogP contribution in [0.5, 0.6) is 0 Å². The molecular formula is C17H23N7. The third-order valence-corrected chi connectivity index (χ3v) is 3.85. The summed E-state index contributed by atoms with van der Waals surface area (Å²) in [5, 5.41) is 11.8. The Kier molecular flexibility index (Phi) is 4.33. The third kappa shape index (κ3) is 3.02. The van der Waals surface area contributed by atoms with E-state index in [1.54, 1.807) is 0 Å². The Morgan fingerprint density at radius 1 is 1.12 bits per heavy atom. The van der Waals surface area contributed by atoms with Crippen LogP contribution in [0.25, 0.3) is 11.2 Å². The van der Waals surface area contributed by atoms with Crippen LogP contribution in [0.15, 0.2) is 24.3 Å². The van der Waals surface area contributed by atoms with Gasteiger partial charge in [-0.1, -0.05) is 37.3 Å². The van der Waals surface area contributed by atoms with E-state index < -0.39 is 0 Å². The number of hydrogen-bond donors (Lipinski definition) is 2. The van der Waals surface area contributed by atoms with Crippen molar-refractivity contribution >= 4 is 22.7 Å². The van der Waals surface area contributed by atoms with Gasteiger partial charge < -0.3 is 11.1 Å². The maximum Gasteiger partial charge on any atom is 0.184 e. The summed E-state index contributed by atoms with van der Waals surface area (Å²) in [7, 11) is 0. The first-order valence-corrected chi connectivity index (χ1v) is 8.17. The quantitative estimate of drug-likeness (QED) is 0.700. The van der Waals surface area contributed by atoms with E-state index in [4.69, 9.17) is 5.73 Å². The number of nitrogens with two attached hydrogens (primary N) is 1. The Hall–Kier alpha value is -2.70. The number of rotatable bonds is 5. The standard InChI is InChI=1S/C17H23N7/c1-10(2)15-20-16(19-9-12-7-5-6-8-13(12)18)14-17(21-15)24(11(3)4)23-22-14/h5-8,10-11H,9,18H2,1-4H3,(H,19,20,21). The highest BCUT2D eigenvalue weighted by Crippen LogP contribution is 2.24. The van der Waals surface area contributed by atoms with Gasteiger partial charge in [0.15, 0.2) is 17.0 Å². The molecule has 0 aliphatic carbocycles. The van der Waals surface area contributed by atoms with E-state index in [1.165, 1.54) is 0 Å². The van der Waals surface area contributed by atoms with Gasteiger partial charge in [-0.3, -0.25) is 0 Å². The number of nitrogen functional groups attached to an aromatic ring is 1. The smallest absolute Gasteiger partial charge is 0.184 e. The normalized spacial score (nSPS) is 11.6. The summed E-state index contributed by atoms with van der Waals surface area (Å²) in [4.78, 5) is 9.29. The minimum absolute atomic E-state index is 0.183. The highest BCUT2D eigenvalue weighted by Gasteiger charge is 2.17. The molecule has 0 bridgehead atoms. The Balaban J connectivity index is 2.01. The van der Waals surface area contributed by atoms with Crippen LogP contribution in [0, 0.1) is 0 Å². The minimum Gasteiger partial charge on any atom is -0.398 e. The summed E-state index contributed by atoms with van der Waals surface area (Å²) in [6.07, 6.45) is 0. The molecule has 0 radical (unpaired) electrons. The molecule has 0 spiro atoms. The van der Waals surface area contributed by atoms with Crippen LogP contribution in [-0.2, 0) is 6.54 Å². The summed E-state index contributed by atoms with van der Waals surface area (Å²) in [6.45, 7) is 8.84. The molecule has 2 aromatic heterocycles. The van der Waals surface area contributed by atoms with Crippen molar-refractivity contribution in [3.8, 4) is 0 Å². The van der Waals surface area contributed by atoms with Gasteiger partial charge in [-0.15, -0.1) is 5.10 Å². The van der Waals surface area contributed by atoms with E-state index in [2.05, 4.69) is 53.3 Å². The Labute approximate surface area is 141 Å². The zero-order valence-electron chi connectivity index (χ0n) is 14.5. The van der Waals surface area contributed by atoms with Crippen molar-refractivity contribution < 1.29 is 0 Å². The molecule has 0 aliphatic rings. The molecule has 7 nitrogen and oxygen atoms in total. The van der Waals surface area contributed by atoms with E-state index in [1.807, 2.05) is 28.9 Å². The molecule has 7 heteroatoms.